The van der Waals surface area contributed by atoms with Crippen LogP contribution in [0, 0.1) is 18.8 Å². The summed E-state index contributed by atoms with van der Waals surface area (Å²) in [6.45, 7) is 7.12. The fraction of sp³-hybridized carbons (Fsp3) is 0.312. The number of benzene rings is 3. The lowest BCUT2D eigenvalue weighted by Crippen LogP contribution is -2.43. The number of rotatable bonds is 5. The van der Waals surface area contributed by atoms with E-state index >= 15 is 0 Å². The summed E-state index contributed by atoms with van der Waals surface area (Å²) in [7, 11) is 0. The molecule has 5 rings (SSSR count). The molecular formula is C32H34N2O2S. The van der Waals surface area contributed by atoms with Gasteiger partial charge in [-0.05, 0) is 72.2 Å². The zero-order chi connectivity index (χ0) is 25.9. The van der Waals surface area contributed by atoms with Gasteiger partial charge in [0, 0.05) is 16.5 Å². The molecule has 190 valence electrons. The first kappa shape index (κ1) is 25.3. The van der Waals surface area contributed by atoms with Crippen LogP contribution in [0.4, 0.5) is 5.69 Å². The molecule has 0 unspecified atom stereocenters. The van der Waals surface area contributed by atoms with E-state index in [2.05, 4.69) is 44.3 Å². The highest BCUT2D eigenvalue weighted by molar-refractivity contribution is 8.04. The summed E-state index contributed by atoms with van der Waals surface area (Å²) in [5.41, 5.74) is 4.80. The van der Waals surface area contributed by atoms with Crippen molar-refractivity contribution in [3.05, 3.63) is 100.0 Å². The second kappa shape index (κ2) is 11.0. The standard InChI is InChI=1S/C32H34N2O2S/c1-21-10-8-12-27(23(21)3)33-31(35)25-17-15-24(16-18-25)19-30-32(36)34(20-26-11-5-4-9-22(26)2)28-13-6-7-14-29(28)37-30/h4-7,9,11,13-19,21,23,27H,8,10,12,20H2,1-3H3,(H,33,35)/b30-19+/t21-,23+,27-/m1/s1. The number of aryl methyl sites for hydroxylation is 1. The van der Waals surface area contributed by atoms with Crippen molar-refractivity contribution < 1.29 is 9.59 Å². The molecule has 1 aliphatic heterocycles. The van der Waals surface area contributed by atoms with Gasteiger partial charge in [0.1, 0.15) is 0 Å². The molecule has 1 heterocycles. The van der Waals surface area contributed by atoms with Crippen molar-refractivity contribution in [2.45, 2.75) is 57.5 Å². The van der Waals surface area contributed by atoms with Crippen LogP contribution in [-0.2, 0) is 11.3 Å². The lowest BCUT2D eigenvalue weighted by molar-refractivity contribution is -0.114. The van der Waals surface area contributed by atoms with E-state index in [1.165, 1.54) is 30.2 Å². The van der Waals surface area contributed by atoms with E-state index in [0.29, 0.717) is 28.8 Å². The normalized spacial score (nSPS) is 22.6. The fourth-order valence-corrected chi connectivity index (χ4v) is 6.36. The van der Waals surface area contributed by atoms with Crippen LogP contribution in [0.15, 0.2) is 82.6 Å². The number of carbonyl (C=O) groups excluding carboxylic acids is 2. The molecule has 0 saturated heterocycles. The quantitative estimate of drug-likeness (QED) is 0.368. The molecule has 2 aliphatic rings. The van der Waals surface area contributed by atoms with Gasteiger partial charge < -0.3 is 10.2 Å². The maximum atomic E-state index is 13.6. The zero-order valence-corrected chi connectivity index (χ0v) is 22.6. The summed E-state index contributed by atoms with van der Waals surface area (Å²) in [6.07, 6.45) is 5.38. The predicted octanol–water partition coefficient (Wildman–Crippen LogP) is 7.23. The van der Waals surface area contributed by atoms with Gasteiger partial charge in [-0.25, -0.2) is 0 Å². The summed E-state index contributed by atoms with van der Waals surface area (Å²) in [5, 5.41) is 3.25. The Bertz CT molecular complexity index is 1330. The van der Waals surface area contributed by atoms with Gasteiger partial charge in [0.25, 0.3) is 11.8 Å². The third-order valence-electron chi connectivity index (χ3n) is 7.92. The number of para-hydroxylation sites is 1. The van der Waals surface area contributed by atoms with Crippen LogP contribution >= 0.6 is 11.8 Å². The highest BCUT2D eigenvalue weighted by Crippen LogP contribution is 2.42. The molecular weight excluding hydrogens is 476 g/mol. The molecule has 1 aliphatic carbocycles. The number of fused-ring (bicyclic) bond motifs is 1. The molecule has 0 bridgehead atoms. The van der Waals surface area contributed by atoms with Crippen LogP contribution in [0.2, 0.25) is 0 Å². The van der Waals surface area contributed by atoms with Crippen molar-refractivity contribution in [1.82, 2.24) is 5.32 Å². The summed E-state index contributed by atoms with van der Waals surface area (Å²) in [5.74, 6) is 1.09. The smallest absolute Gasteiger partial charge is 0.265 e. The molecule has 0 radical (unpaired) electrons. The minimum absolute atomic E-state index is 0.00539. The Morgan fingerprint density at radius 3 is 2.51 bits per heavy atom. The lowest BCUT2D eigenvalue weighted by Gasteiger charge is -2.34. The van der Waals surface area contributed by atoms with Gasteiger partial charge >= 0.3 is 0 Å². The third kappa shape index (κ3) is 5.52. The maximum Gasteiger partial charge on any atom is 0.265 e. The average Bonchev–Trinajstić information content (AvgIpc) is 2.90. The molecule has 1 N–H and O–H groups in total. The van der Waals surface area contributed by atoms with Crippen LogP contribution in [-0.4, -0.2) is 17.9 Å². The van der Waals surface area contributed by atoms with Crippen LogP contribution < -0.4 is 10.2 Å². The van der Waals surface area contributed by atoms with Crippen molar-refractivity contribution in [1.29, 1.82) is 0 Å². The molecule has 3 aromatic carbocycles. The number of carbonyl (C=O) groups is 2. The van der Waals surface area contributed by atoms with E-state index in [1.54, 1.807) is 0 Å². The molecule has 3 atom stereocenters. The second-order valence-corrected chi connectivity index (χ2v) is 11.4. The lowest BCUT2D eigenvalue weighted by atomic mass is 9.78. The Kier molecular flexibility index (Phi) is 7.52. The molecule has 2 amide bonds. The molecule has 37 heavy (non-hydrogen) atoms. The van der Waals surface area contributed by atoms with E-state index < -0.39 is 0 Å². The number of thioether (sulfide) groups is 1. The van der Waals surface area contributed by atoms with Gasteiger partial charge in [-0.2, -0.15) is 0 Å². The van der Waals surface area contributed by atoms with Gasteiger partial charge in [0.2, 0.25) is 0 Å². The van der Waals surface area contributed by atoms with Gasteiger partial charge in [-0.3, -0.25) is 9.59 Å². The van der Waals surface area contributed by atoms with Crippen molar-refractivity contribution in [3.8, 4) is 0 Å². The Hall–Kier alpha value is -3.31. The van der Waals surface area contributed by atoms with E-state index in [4.69, 9.17) is 0 Å². The second-order valence-electron chi connectivity index (χ2n) is 10.4. The highest BCUT2D eigenvalue weighted by atomic mass is 32.2. The highest BCUT2D eigenvalue weighted by Gasteiger charge is 2.30. The number of hydrogen-bond acceptors (Lipinski definition) is 3. The molecule has 4 nitrogen and oxygen atoms in total. The van der Waals surface area contributed by atoms with Crippen LogP contribution in [0.1, 0.15) is 60.2 Å². The molecule has 1 saturated carbocycles. The number of amides is 2. The maximum absolute atomic E-state index is 13.6. The van der Waals surface area contributed by atoms with Gasteiger partial charge in [-0.1, -0.05) is 87.0 Å². The van der Waals surface area contributed by atoms with E-state index in [9.17, 15) is 9.59 Å². The zero-order valence-electron chi connectivity index (χ0n) is 21.7. The third-order valence-corrected chi connectivity index (χ3v) is 8.99. The minimum atomic E-state index is -0.0217. The Morgan fingerprint density at radius 1 is 1.00 bits per heavy atom. The predicted molar refractivity (Wildman–Crippen MR) is 153 cm³/mol. The number of hydrogen-bond donors (Lipinski definition) is 1. The molecule has 0 aromatic heterocycles. The number of nitrogens with one attached hydrogen (secondary N) is 1. The minimum Gasteiger partial charge on any atom is -0.349 e. The number of nitrogens with zero attached hydrogens (tertiary/aromatic N) is 1. The van der Waals surface area contributed by atoms with Crippen LogP contribution in [0.3, 0.4) is 0 Å². The summed E-state index contributed by atoms with van der Waals surface area (Å²) in [6, 6.07) is 24.0. The topological polar surface area (TPSA) is 49.4 Å². The molecule has 5 heteroatoms. The van der Waals surface area contributed by atoms with Crippen molar-refractivity contribution in [2.75, 3.05) is 4.90 Å². The Labute approximate surface area is 224 Å². The van der Waals surface area contributed by atoms with E-state index in [0.717, 1.165) is 28.1 Å². The van der Waals surface area contributed by atoms with E-state index in [-0.39, 0.29) is 17.9 Å². The van der Waals surface area contributed by atoms with Crippen LogP contribution in [0.5, 0.6) is 0 Å². The largest absolute Gasteiger partial charge is 0.349 e. The van der Waals surface area contributed by atoms with Crippen LogP contribution in [0.25, 0.3) is 6.08 Å². The van der Waals surface area contributed by atoms with Crippen molar-refractivity contribution in [2.24, 2.45) is 11.8 Å². The van der Waals surface area contributed by atoms with Gasteiger partial charge in [-0.15, -0.1) is 0 Å². The summed E-state index contributed by atoms with van der Waals surface area (Å²) < 4.78 is 0. The monoisotopic (exact) mass is 510 g/mol. The molecule has 3 aromatic rings. The van der Waals surface area contributed by atoms with Gasteiger partial charge in [0.15, 0.2) is 0 Å². The Morgan fingerprint density at radius 2 is 1.73 bits per heavy atom. The molecule has 1 fully saturated rings. The first-order valence-corrected chi connectivity index (χ1v) is 14.0. The molecule has 0 spiro atoms. The fourth-order valence-electron chi connectivity index (χ4n) is 5.30. The number of anilines is 1. The summed E-state index contributed by atoms with van der Waals surface area (Å²) >= 11 is 1.50. The first-order chi connectivity index (χ1) is 17.9. The van der Waals surface area contributed by atoms with Crippen molar-refractivity contribution in [3.63, 3.8) is 0 Å². The van der Waals surface area contributed by atoms with E-state index in [1.807, 2.05) is 65.6 Å². The Balaban J connectivity index is 1.35. The first-order valence-electron chi connectivity index (χ1n) is 13.2. The van der Waals surface area contributed by atoms with Gasteiger partial charge in [0.05, 0.1) is 17.1 Å². The SMILES string of the molecule is Cc1ccccc1CN1C(=O)/C(=C\c2ccc(C(=O)N[C@@H]3CCC[C@@H](C)[C@@H]3C)cc2)Sc2ccccc21. The van der Waals surface area contributed by atoms with Crippen molar-refractivity contribution >= 4 is 35.3 Å². The summed E-state index contributed by atoms with van der Waals surface area (Å²) in [4.78, 5) is 30.2. The average molecular weight is 511 g/mol.